The normalized spacial score (nSPS) is 18.4. The number of nitrogens with zero attached hydrogens (tertiary/aromatic N) is 4. The minimum atomic E-state index is 0.537. The lowest BCUT2D eigenvalue weighted by Gasteiger charge is -2.40. The second-order valence-corrected chi connectivity index (χ2v) is 9.33. The molecule has 5 nitrogen and oxygen atoms in total. The molecule has 174 valence electrons. The largest absolute Gasteiger partial charge is 0.371 e. The van der Waals surface area contributed by atoms with Crippen LogP contribution in [0.4, 0.5) is 0 Å². The Morgan fingerprint density at radius 1 is 0.879 bits per heavy atom. The smallest absolute Gasteiger partial charge is 0.131 e. The van der Waals surface area contributed by atoms with Crippen LogP contribution in [0.15, 0.2) is 71.9 Å². The average Bonchev–Trinajstić information content (AvgIpc) is 2.87. The van der Waals surface area contributed by atoms with Gasteiger partial charge in [0.25, 0.3) is 0 Å². The van der Waals surface area contributed by atoms with E-state index in [4.69, 9.17) is 5.41 Å². The van der Waals surface area contributed by atoms with Gasteiger partial charge in [0.2, 0.25) is 0 Å². The number of hydrogen-bond donors (Lipinski definition) is 1. The molecule has 5 heteroatoms. The number of amidine groups is 1. The van der Waals surface area contributed by atoms with Crippen LogP contribution in [-0.2, 0) is 0 Å². The molecule has 0 aliphatic carbocycles. The summed E-state index contributed by atoms with van der Waals surface area (Å²) in [5.74, 6) is 1.83. The maximum atomic E-state index is 8.82. The second-order valence-electron chi connectivity index (χ2n) is 9.33. The number of aliphatic imine (C=N–C) groups is 1. The van der Waals surface area contributed by atoms with Crippen LogP contribution < -0.4 is 0 Å². The highest BCUT2D eigenvalue weighted by Gasteiger charge is 2.25. The SMILES string of the molecule is C=C(CN1CCC(C)CC1)N1CCN(/C(=N/C)c2ccccc2C(=N)c2ccccc2)CC1. The minimum absolute atomic E-state index is 0.537. The Labute approximate surface area is 198 Å². The van der Waals surface area contributed by atoms with Crippen molar-refractivity contribution in [3.05, 3.63) is 83.6 Å². The van der Waals surface area contributed by atoms with Crippen LogP contribution in [0, 0.1) is 11.3 Å². The molecule has 2 aliphatic rings. The van der Waals surface area contributed by atoms with Crippen molar-refractivity contribution in [1.82, 2.24) is 14.7 Å². The first kappa shape index (κ1) is 23.2. The van der Waals surface area contributed by atoms with Gasteiger partial charge in [-0.3, -0.25) is 15.3 Å². The van der Waals surface area contributed by atoms with Gasteiger partial charge >= 0.3 is 0 Å². The van der Waals surface area contributed by atoms with Crippen LogP contribution in [0.2, 0.25) is 0 Å². The fraction of sp³-hybridized carbons (Fsp3) is 0.429. The van der Waals surface area contributed by atoms with E-state index in [0.29, 0.717) is 5.71 Å². The van der Waals surface area contributed by atoms with Crippen LogP contribution in [0.3, 0.4) is 0 Å². The minimum Gasteiger partial charge on any atom is -0.371 e. The van der Waals surface area contributed by atoms with Gasteiger partial charge in [-0.25, -0.2) is 0 Å². The topological polar surface area (TPSA) is 45.9 Å². The highest BCUT2D eigenvalue weighted by Crippen LogP contribution is 2.21. The van der Waals surface area contributed by atoms with Crippen LogP contribution in [0.5, 0.6) is 0 Å². The molecule has 2 aromatic rings. The summed E-state index contributed by atoms with van der Waals surface area (Å²) in [7, 11) is 1.86. The molecule has 0 saturated carbocycles. The molecule has 2 saturated heterocycles. The van der Waals surface area contributed by atoms with E-state index in [0.717, 1.165) is 61.2 Å². The predicted octanol–water partition coefficient (Wildman–Crippen LogP) is 4.34. The van der Waals surface area contributed by atoms with Crippen LogP contribution >= 0.6 is 0 Å². The molecular formula is C28H37N5. The van der Waals surface area contributed by atoms with Crippen molar-refractivity contribution in [2.75, 3.05) is 52.9 Å². The fourth-order valence-electron chi connectivity index (χ4n) is 4.90. The molecule has 33 heavy (non-hydrogen) atoms. The predicted molar refractivity (Wildman–Crippen MR) is 138 cm³/mol. The Hall–Kier alpha value is -2.92. The van der Waals surface area contributed by atoms with E-state index in [2.05, 4.69) is 39.3 Å². The van der Waals surface area contributed by atoms with Crippen LogP contribution in [0.25, 0.3) is 0 Å². The molecule has 4 rings (SSSR count). The van der Waals surface area contributed by atoms with Gasteiger partial charge in [0.1, 0.15) is 5.84 Å². The molecule has 0 bridgehead atoms. The zero-order valence-corrected chi connectivity index (χ0v) is 20.1. The van der Waals surface area contributed by atoms with E-state index in [1.807, 2.05) is 55.6 Å². The van der Waals surface area contributed by atoms with Gasteiger partial charge in [-0.1, -0.05) is 68.1 Å². The average molecular weight is 444 g/mol. The van der Waals surface area contributed by atoms with Crippen LogP contribution in [0.1, 0.15) is 36.5 Å². The fourth-order valence-corrected chi connectivity index (χ4v) is 4.90. The molecule has 2 fully saturated rings. The van der Waals surface area contributed by atoms with E-state index in [-0.39, 0.29) is 0 Å². The number of hydrogen-bond acceptors (Lipinski definition) is 4. The lowest BCUT2D eigenvalue weighted by molar-refractivity contribution is 0.168. The summed E-state index contributed by atoms with van der Waals surface area (Å²) in [4.78, 5) is 12.0. The molecule has 0 spiro atoms. The number of piperidine rings is 1. The lowest BCUT2D eigenvalue weighted by Crippen LogP contribution is -2.50. The summed E-state index contributed by atoms with van der Waals surface area (Å²) >= 11 is 0. The van der Waals surface area contributed by atoms with Crippen LogP contribution in [-0.4, -0.2) is 79.1 Å². The van der Waals surface area contributed by atoms with Gasteiger partial charge < -0.3 is 9.80 Å². The monoisotopic (exact) mass is 443 g/mol. The van der Waals surface area contributed by atoms with E-state index in [9.17, 15) is 0 Å². The van der Waals surface area contributed by atoms with Crippen molar-refractivity contribution >= 4 is 11.5 Å². The summed E-state index contributed by atoms with van der Waals surface area (Å²) in [6.07, 6.45) is 2.60. The molecule has 0 radical (unpaired) electrons. The first-order valence-corrected chi connectivity index (χ1v) is 12.2. The zero-order chi connectivity index (χ0) is 23.2. The maximum absolute atomic E-state index is 8.82. The highest BCUT2D eigenvalue weighted by molar-refractivity contribution is 6.17. The number of rotatable bonds is 6. The Morgan fingerprint density at radius 2 is 1.45 bits per heavy atom. The highest BCUT2D eigenvalue weighted by atomic mass is 15.3. The molecule has 0 atom stereocenters. The number of benzene rings is 2. The van der Waals surface area contributed by atoms with E-state index in [1.54, 1.807) is 0 Å². The Balaban J connectivity index is 1.41. The van der Waals surface area contributed by atoms with Crippen molar-refractivity contribution in [3.8, 4) is 0 Å². The Morgan fingerprint density at radius 3 is 2.09 bits per heavy atom. The van der Waals surface area contributed by atoms with Gasteiger partial charge in [-0.05, 0) is 31.8 Å². The van der Waals surface area contributed by atoms with E-state index in [1.165, 1.54) is 31.6 Å². The van der Waals surface area contributed by atoms with Gasteiger partial charge in [-0.2, -0.15) is 0 Å². The first-order chi connectivity index (χ1) is 16.1. The van der Waals surface area contributed by atoms with E-state index < -0.39 is 0 Å². The molecule has 1 N–H and O–H groups in total. The molecule has 2 aromatic carbocycles. The van der Waals surface area contributed by atoms with Crippen molar-refractivity contribution in [2.24, 2.45) is 10.9 Å². The molecule has 0 unspecified atom stereocenters. The maximum Gasteiger partial charge on any atom is 0.131 e. The van der Waals surface area contributed by atoms with Gasteiger partial charge in [0, 0.05) is 62.2 Å². The molecule has 2 heterocycles. The number of piperazine rings is 1. The zero-order valence-electron chi connectivity index (χ0n) is 20.1. The molecule has 0 aromatic heterocycles. The summed E-state index contributed by atoms with van der Waals surface area (Å²) in [5.41, 5.74) is 4.66. The van der Waals surface area contributed by atoms with Crippen molar-refractivity contribution in [1.29, 1.82) is 5.41 Å². The van der Waals surface area contributed by atoms with Crippen molar-refractivity contribution < 1.29 is 0 Å². The quantitative estimate of drug-likeness (QED) is 0.534. The first-order valence-electron chi connectivity index (χ1n) is 12.2. The second kappa shape index (κ2) is 10.8. The molecule has 2 aliphatic heterocycles. The third-order valence-electron chi connectivity index (χ3n) is 7.02. The molecular weight excluding hydrogens is 406 g/mol. The Bertz CT molecular complexity index is 980. The number of likely N-dealkylation sites (tertiary alicyclic amines) is 1. The third-order valence-corrected chi connectivity index (χ3v) is 7.02. The lowest BCUT2D eigenvalue weighted by atomic mass is 9.96. The third kappa shape index (κ3) is 5.53. The Kier molecular flexibility index (Phi) is 7.61. The molecule has 0 amide bonds. The summed E-state index contributed by atoms with van der Waals surface area (Å²) in [6.45, 7) is 13.9. The van der Waals surface area contributed by atoms with E-state index >= 15 is 0 Å². The van der Waals surface area contributed by atoms with Gasteiger partial charge in [0.15, 0.2) is 0 Å². The summed E-state index contributed by atoms with van der Waals surface area (Å²) < 4.78 is 0. The summed E-state index contributed by atoms with van der Waals surface area (Å²) in [5, 5.41) is 8.82. The number of nitrogens with one attached hydrogen (secondary N) is 1. The standard InChI is InChI=1S/C28H37N5/c1-22-13-15-31(16-14-22)21-23(2)32-17-19-33(20-18-32)28(30-3)26-12-8-7-11-25(26)27(29)24-9-5-4-6-10-24/h4-12,22,29H,2,13-21H2,1,3H3/b29-27?,30-28+. The summed E-state index contributed by atoms with van der Waals surface area (Å²) in [6, 6.07) is 18.1. The van der Waals surface area contributed by atoms with Crippen molar-refractivity contribution in [3.63, 3.8) is 0 Å². The van der Waals surface area contributed by atoms with Gasteiger partial charge in [0.05, 0.1) is 5.71 Å². The van der Waals surface area contributed by atoms with Crippen molar-refractivity contribution in [2.45, 2.75) is 19.8 Å². The van der Waals surface area contributed by atoms with Gasteiger partial charge in [-0.15, -0.1) is 0 Å².